The maximum Gasteiger partial charge on any atom is 0.407 e. The van der Waals surface area contributed by atoms with Gasteiger partial charge in [0.1, 0.15) is 5.60 Å². The number of carbonyl (C=O) groups is 1. The molecule has 5 heteroatoms. The zero-order valence-corrected chi connectivity index (χ0v) is 11.0. The molecular formula is C12H17ClN2O2. The van der Waals surface area contributed by atoms with Crippen LogP contribution in [0.2, 0.25) is 0 Å². The number of aromatic nitrogens is 1. The Balaban J connectivity index is 2.47. The standard InChI is InChI=1S/C12H17ClN2O2/c1-12(2,3)17-11(16)15-8-10-4-9(5-13)6-14-7-10/h4,6-7H,5,8H2,1-3H3,(H,15,16). The van der Waals surface area contributed by atoms with Gasteiger partial charge in [0, 0.05) is 24.8 Å². The van der Waals surface area contributed by atoms with Crippen molar-refractivity contribution in [2.75, 3.05) is 0 Å². The molecule has 0 aliphatic rings. The molecule has 0 aliphatic carbocycles. The molecule has 1 rings (SSSR count). The third-order valence-corrected chi connectivity index (χ3v) is 2.15. The van der Waals surface area contributed by atoms with Crippen LogP contribution in [0.4, 0.5) is 4.79 Å². The van der Waals surface area contributed by atoms with Crippen LogP contribution in [0.1, 0.15) is 31.9 Å². The van der Waals surface area contributed by atoms with E-state index in [2.05, 4.69) is 10.3 Å². The summed E-state index contributed by atoms with van der Waals surface area (Å²) < 4.78 is 5.12. The number of amides is 1. The Morgan fingerprint density at radius 1 is 1.41 bits per heavy atom. The van der Waals surface area contributed by atoms with Gasteiger partial charge in [-0.1, -0.05) is 0 Å². The van der Waals surface area contributed by atoms with Crippen molar-refractivity contribution in [3.8, 4) is 0 Å². The Morgan fingerprint density at radius 2 is 2.06 bits per heavy atom. The van der Waals surface area contributed by atoms with Crippen LogP contribution in [0.15, 0.2) is 18.5 Å². The normalized spacial score (nSPS) is 11.1. The lowest BCUT2D eigenvalue weighted by Crippen LogP contribution is -2.32. The van der Waals surface area contributed by atoms with Gasteiger partial charge in [-0.25, -0.2) is 4.79 Å². The van der Waals surface area contributed by atoms with Gasteiger partial charge in [-0.3, -0.25) is 4.98 Å². The van der Waals surface area contributed by atoms with E-state index >= 15 is 0 Å². The molecule has 0 aliphatic heterocycles. The fourth-order valence-corrected chi connectivity index (χ4v) is 1.35. The number of rotatable bonds is 3. The van der Waals surface area contributed by atoms with E-state index in [0.29, 0.717) is 12.4 Å². The summed E-state index contributed by atoms with van der Waals surface area (Å²) in [7, 11) is 0. The Morgan fingerprint density at radius 3 is 2.65 bits per heavy atom. The highest BCUT2D eigenvalue weighted by Gasteiger charge is 2.15. The molecule has 0 atom stereocenters. The number of pyridine rings is 1. The molecule has 1 aromatic rings. The predicted molar refractivity (Wildman–Crippen MR) is 66.9 cm³/mol. The van der Waals surface area contributed by atoms with Crippen LogP contribution >= 0.6 is 11.6 Å². The SMILES string of the molecule is CC(C)(C)OC(=O)NCc1cncc(CCl)c1. The van der Waals surface area contributed by atoms with Crippen LogP contribution in [0.3, 0.4) is 0 Å². The van der Waals surface area contributed by atoms with Crippen molar-refractivity contribution in [1.29, 1.82) is 0 Å². The lowest BCUT2D eigenvalue weighted by atomic mass is 10.2. The number of hydrogen-bond acceptors (Lipinski definition) is 3. The highest BCUT2D eigenvalue weighted by molar-refractivity contribution is 6.17. The minimum Gasteiger partial charge on any atom is -0.444 e. The second-order valence-electron chi connectivity index (χ2n) is 4.69. The van der Waals surface area contributed by atoms with Crippen LogP contribution in [0.25, 0.3) is 0 Å². The van der Waals surface area contributed by atoms with E-state index in [4.69, 9.17) is 16.3 Å². The lowest BCUT2D eigenvalue weighted by molar-refractivity contribution is 0.0523. The zero-order chi connectivity index (χ0) is 12.9. The van der Waals surface area contributed by atoms with Crippen molar-refractivity contribution in [2.24, 2.45) is 0 Å². The van der Waals surface area contributed by atoms with Crippen LogP contribution < -0.4 is 5.32 Å². The average Bonchev–Trinajstić information content (AvgIpc) is 2.24. The molecule has 17 heavy (non-hydrogen) atoms. The van der Waals surface area contributed by atoms with Gasteiger partial charge in [-0.2, -0.15) is 0 Å². The molecule has 94 valence electrons. The summed E-state index contributed by atoms with van der Waals surface area (Å²) in [4.78, 5) is 15.4. The average molecular weight is 257 g/mol. The van der Waals surface area contributed by atoms with Gasteiger partial charge in [0.25, 0.3) is 0 Å². The number of carbonyl (C=O) groups excluding carboxylic acids is 1. The van der Waals surface area contributed by atoms with Crippen molar-refractivity contribution in [2.45, 2.75) is 38.8 Å². The second kappa shape index (κ2) is 5.87. The molecule has 0 saturated heterocycles. The second-order valence-corrected chi connectivity index (χ2v) is 4.96. The summed E-state index contributed by atoms with van der Waals surface area (Å²) in [5.41, 5.74) is 1.34. The van der Waals surface area contributed by atoms with E-state index in [1.165, 1.54) is 0 Å². The van der Waals surface area contributed by atoms with Crippen molar-refractivity contribution < 1.29 is 9.53 Å². The molecule has 1 heterocycles. The number of hydrogen-bond donors (Lipinski definition) is 1. The first-order chi connectivity index (χ1) is 7.90. The minimum absolute atomic E-state index is 0.382. The molecule has 1 N–H and O–H groups in total. The summed E-state index contributed by atoms with van der Waals surface area (Å²) in [6.07, 6.45) is 2.95. The van der Waals surface area contributed by atoms with Gasteiger partial charge < -0.3 is 10.1 Å². The third kappa shape index (κ3) is 5.54. The first-order valence-electron chi connectivity index (χ1n) is 5.36. The number of alkyl carbamates (subject to hydrolysis) is 1. The Labute approximate surface area is 106 Å². The van der Waals surface area contributed by atoms with E-state index in [0.717, 1.165) is 11.1 Å². The molecule has 0 fully saturated rings. The number of ether oxygens (including phenoxy) is 1. The first-order valence-corrected chi connectivity index (χ1v) is 5.90. The summed E-state index contributed by atoms with van der Waals surface area (Å²) in [5, 5.41) is 2.66. The van der Waals surface area contributed by atoms with Crippen LogP contribution in [0.5, 0.6) is 0 Å². The largest absolute Gasteiger partial charge is 0.444 e. The van der Waals surface area contributed by atoms with Crippen LogP contribution in [0, 0.1) is 0 Å². The third-order valence-electron chi connectivity index (χ3n) is 1.84. The van der Waals surface area contributed by atoms with E-state index in [1.807, 2.05) is 26.8 Å². The van der Waals surface area contributed by atoms with Crippen LogP contribution in [-0.4, -0.2) is 16.7 Å². The summed E-state index contributed by atoms with van der Waals surface area (Å²) in [6, 6.07) is 1.90. The van der Waals surface area contributed by atoms with Gasteiger partial charge >= 0.3 is 6.09 Å². The highest BCUT2D eigenvalue weighted by atomic mass is 35.5. The summed E-state index contributed by atoms with van der Waals surface area (Å²) in [5.74, 6) is 0.410. The number of halogens is 1. The molecular weight excluding hydrogens is 240 g/mol. The van der Waals surface area contributed by atoms with Gasteiger partial charge in [0.05, 0.1) is 0 Å². The molecule has 4 nitrogen and oxygen atoms in total. The predicted octanol–water partition coefficient (Wildman–Crippen LogP) is 2.85. The quantitative estimate of drug-likeness (QED) is 0.846. The number of nitrogens with one attached hydrogen (secondary N) is 1. The van der Waals surface area contributed by atoms with E-state index in [9.17, 15) is 4.79 Å². The summed E-state index contributed by atoms with van der Waals surface area (Å²) >= 11 is 5.70. The molecule has 0 spiro atoms. The van der Waals surface area contributed by atoms with Crippen molar-refractivity contribution >= 4 is 17.7 Å². The van der Waals surface area contributed by atoms with Gasteiger partial charge in [0.2, 0.25) is 0 Å². The molecule has 1 amide bonds. The maximum absolute atomic E-state index is 11.4. The topological polar surface area (TPSA) is 51.2 Å². The maximum atomic E-state index is 11.4. The monoisotopic (exact) mass is 256 g/mol. The molecule has 0 unspecified atom stereocenters. The van der Waals surface area contributed by atoms with E-state index in [1.54, 1.807) is 12.4 Å². The number of nitrogens with zero attached hydrogens (tertiary/aromatic N) is 1. The highest BCUT2D eigenvalue weighted by Crippen LogP contribution is 2.08. The smallest absolute Gasteiger partial charge is 0.407 e. The van der Waals surface area contributed by atoms with Crippen molar-refractivity contribution in [1.82, 2.24) is 10.3 Å². The summed E-state index contributed by atoms with van der Waals surface area (Å²) in [6.45, 7) is 5.85. The van der Waals surface area contributed by atoms with Gasteiger partial charge in [-0.05, 0) is 38.0 Å². The fourth-order valence-electron chi connectivity index (χ4n) is 1.20. The minimum atomic E-state index is -0.486. The molecule has 0 saturated carbocycles. The van der Waals surface area contributed by atoms with Gasteiger partial charge in [0.15, 0.2) is 0 Å². The Hall–Kier alpha value is -1.29. The zero-order valence-electron chi connectivity index (χ0n) is 10.3. The van der Waals surface area contributed by atoms with Gasteiger partial charge in [-0.15, -0.1) is 11.6 Å². The Kier molecular flexibility index (Phi) is 4.75. The van der Waals surface area contributed by atoms with E-state index < -0.39 is 11.7 Å². The van der Waals surface area contributed by atoms with E-state index in [-0.39, 0.29) is 0 Å². The Bertz CT molecular complexity index is 388. The molecule has 1 aromatic heterocycles. The fraction of sp³-hybridized carbons (Fsp3) is 0.500. The first kappa shape index (κ1) is 13.8. The lowest BCUT2D eigenvalue weighted by Gasteiger charge is -2.19. The molecule has 0 radical (unpaired) electrons. The van der Waals surface area contributed by atoms with Crippen LogP contribution in [-0.2, 0) is 17.2 Å². The van der Waals surface area contributed by atoms with Crippen molar-refractivity contribution in [3.63, 3.8) is 0 Å². The molecule has 0 aromatic carbocycles. The number of alkyl halides is 1. The molecule has 0 bridgehead atoms. The van der Waals surface area contributed by atoms with Crippen molar-refractivity contribution in [3.05, 3.63) is 29.6 Å².